The Morgan fingerprint density at radius 3 is 2.86 bits per heavy atom. The topological polar surface area (TPSA) is 53.3 Å². The van der Waals surface area contributed by atoms with Crippen LogP contribution < -0.4 is 4.90 Å². The molecule has 1 aromatic carbocycles. The first-order valence-electron chi connectivity index (χ1n) is 7.57. The predicted molar refractivity (Wildman–Crippen MR) is 80.0 cm³/mol. The second kappa shape index (κ2) is 5.50. The summed E-state index contributed by atoms with van der Waals surface area (Å²) in [5.74, 6) is -0.0434. The van der Waals surface area contributed by atoms with Crippen molar-refractivity contribution < 1.29 is 9.53 Å². The fourth-order valence-electron chi connectivity index (χ4n) is 3.29. The van der Waals surface area contributed by atoms with E-state index in [1.165, 1.54) is 11.1 Å². The first-order chi connectivity index (χ1) is 10.2. The van der Waals surface area contributed by atoms with Crippen LogP contribution in [0.2, 0.25) is 0 Å². The molecule has 0 bridgehead atoms. The minimum atomic E-state index is -0.905. The van der Waals surface area contributed by atoms with Gasteiger partial charge in [0.05, 0.1) is 6.07 Å². The van der Waals surface area contributed by atoms with Crippen LogP contribution in [0.15, 0.2) is 18.2 Å². The van der Waals surface area contributed by atoms with Crippen LogP contribution >= 0.6 is 0 Å². The van der Waals surface area contributed by atoms with E-state index in [4.69, 9.17) is 4.74 Å². The molecule has 0 N–H and O–H groups in total. The summed E-state index contributed by atoms with van der Waals surface area (Å²) in [5.41, 5.74) is 2.51. The van der Waals surface area contributed by atoms with Gasteiger partial charge in [-0.2, -0.15) is 5.26 Å². The van der Waals surface area contributed by atoms with Crippen LogP contribution in [0.4, 0.5) is 5.69 Å². The van der Waals surface area contributed by atoms with Gasteiger partial charge < -0.3 is 9.64 Å². The number of fused-ring (bicyclic) bond motifs is 1. The maximum Gasteiger partial charge on any atom is 0.247 e. The molecule has 21 heavy (non-hydrogen) atoms. The van der Waals surface area contributed by atoms with Gasteiger partial charge in [0.15, 0.2) is 0 Å². The van der Waals surface area contributed by atoms with E-state index in [1.54, 1.807) is 0 Å². The average molecular weight is 284 g/mol. The lowest BCUT2D eigenvalue weighted by Gasteiger charge is -2.37. The standard InChI is InChI=1S/C17H20N2O2/c1-13-4-5-15-14(11-13)3-2-8-19(15)16(20)17(12-18)6-9-21-10-7-17/h4-5,11H,2-3,6-10H2,1H3. The molecule has 4 nitrogen and oxygen atoms in total. The summed E-state index contributed by atoms with van der Waals surface area (Å²) in [4.78, 5) is 14.8. The third kappa shape index (κ3) is 2.43. The molecular weight excluding hydrogens is 264 g/mol. The molecule has 2 aliphatic rings. The van der Waals surface area contributed by atoms with Gasteiger partial charge in [0.1, 0.15) is 5.41 Å². The summed E-state index contributed by atoms with van der Waals surface area (Å²) in [6.07, 6.45) is 2.96. The molecule has 1 amide bonds. The zero-order valence-electron chi connectivity index (χ0n) is 12.4. The molecule has 0 aliphatic carbocycles. The Balaban J connectivity index is 1.94. The second-order valence-electron chi connectivity index (χ2n) is 6.00. The van der Waals surface area contributed by atoms with E-state index in [1.807, 2.05) is 17.0 Å². The second-order valence-corrected chi connectivity index (χ2v) is 6.00. The highest BCUT2D eigenvalue weighted by Gasteiger charge is 2.44. The Labute approximate surface area is 125 Å². The van der Waals surface area contributed by atoms with E-state index in [-0.39, 0.29) is 5.91 Å². The monoisotopic (exact) mass is 284 g/mol. The number of nitriles is 1. The highest BCUT2D eigenvalue weighted by molar-refractivity contribution is 6.00. The van der Waals surface area contributed by atoms with E-state index in [9.17, 15) is 10.1 Å². The van der Waals surface area contributed by atoms with Crippen molar-refractivity contribution >= 4 is 11.6 Å². The van der Waals surface area contributed by atoms with Gasteiger partial charge in [0.2, 0.25) is 5.91 Å². The summed E-state index contributed by atoms with van der Waals surface area (Å²) in [7, 11) is 0. The Morgan fingerprint density at radius 1 is 1.38 bits per heavy atom. The fraction of sp³-hybridized carbons (Fsp3) is 0.529. The van der Waals surface area contributed by atoms with E-state index >= 15 is 0 Å². The van der Waals surface area contributed by atoms with Gasteiger partial charge in [0, 0.05) is 25.4 Å². The summed E-state index contributed by atoms with van der Waals surface area (Å²) >= 11 is 0. The molecule has 0 spiro atoms. The number of benzene rings is 1. The maximum absolute atomic E-state index is 13.0. The molecule has 0 saturated carbocycles. The lowest BCUT2D eigenvalue weighted by Crippen LogP contribution is -2.48. The average Bonchev–Trinajstić information content (AvgIpc) is 2.54. The summed E-state index contributed by atoms with van der Waals surface area (Å²) in [6, 6.07) is 8.49. The normalized spacial score (nSPS) is 20.5. The van der Waals surface area contributed by atoms with Crippen LogP contribution in [-0.2, 0) is 16.0 Å². The molecule has 2 aliphatic heterocycles. The van der Waals surface area contributed by atoms with Crippen molar-refractivity contribution in [2.24, 2.45) is 5.41 Å². The largest absolute Gasteiger partial charge is 0.381 e. The number of aryl methyl sites for hydroxylation is 2. The first-order valence-corrected chi connectivity index (χ1v) is 7.57. The van der Waals surface area contributed by atoms with E-state index in [0.29, 0.717) is 32.6 Å². The molecule has 1 fully saturated rings. The van der Waals surface area contributed by atoms with Gasteiger partial charge in [-0.05, 0) is 44.2 Å². The van der Waals surface area contributed by atoms with Crippen LogP contribution in [0.3, 0.4) is 0 Å². The summed E-state index contributed by atoms with van der Waals surface area (Å²) in [6.45, 7) is 3.76. The first kappa shape index (κ1) is 14.1. The predicted octanol–water partition coefficient (Wildman–Crippen LogP) is 2.59. The smallest absolute Gasteiger partial charge is 0.247 e. The Morgan fingerprint density at radius 2 is 2.14 bits per heavy atom. The van der Waals surface area contributed by atoms with Crippen molar-refractivity contribution in [1.29, 1.82) is 5.26 Å². The van der Waals surface area contributed by atoms with Crippen LogP contribution in [0.5, 0.6) is 0 Å². The van der Waals surface area contributed by atoms with Crippen molar-refractivity contribution in [2.75, 3.05) is 24.7 Å². The van der Waals surface area contributed by atoms with E-state index < -0.39 is 5.41 Å². The molecule has 1 saturated heterocycles. The zero-order valence-corrected chi connectivity index (χ0v) is 12.4. The third-order valence-electron chi connectivity index (χ3n) is 4.57. The number of hydrogen-bond donors (Lipinski definition) is 0. The number of carbonyl (C=O) groups excluding carboxylic acids is 1. The minimum Gasteiger partial charge on any atom is -0.381 e. The number of carbonyl (C=O) groups is 1. The minimum absolute atomic E-state index is 0.0434. The van der Waals surface area contributed by atoms with E-state index in [2.05, 4.69) is 19.1 Å². The van der Waals surface area contributed by atoms with Crippen LogP contribution in [-0.4, -0.2) is 25.7 Å². The van der Waals surface area contributed by atoms with Gasteiger partial charge in [-0.15, -0.1) is 0 Å². The molecule has 3 rings (SSSR count). The van der Waals surface area contributed by atoms with Crippen molar-refractivity contribution in [1.82, 2.24) is 0 Å². The third-order valence-corrected chi connectivity index (χ3v) is 4.57. The van der Waals surface area contributed by atoms with E-state index in [0.717, 1.165) is 18.5 Å². The highest BCUT2D eigenvalue weighted by Crippen LogP contribution is 2.36. The van der Waals surface area contributed by atoms with Crippen molar-refractivity contribution in [2.45, 2.75) is 32.6 Å². The molecule has 4 heteroatoms. The van der Waals surface area contributed by atoms with Gasteiger partial charge >= 0.3 is 0 Å². The quantitative estimate of drug-likeness (QED) is 0.796. The SMILES string of the molecule is Cc1ccc2c(c1)CCCN2C(=O)C1(C#N)CCOCC1. The van der Waals surface area contributed by atoms with Gasteiger partial charge in [-0.25, -0.2) is 0 Å². The Hall–Kier alpha value is -1.86. The molecular formula is C17H20N2O2. The van der Waals surface area contributed by atoms with Crippen molar-refractivity contribution in [3.8, 4) is 6.07 Å². The van der Waals surface area contributed by atoms with Gasteiger partial charge in [0.25, 0.3) is 0 Å². The van der Waals surface area contributed by atoms with Crippen LogP contribution in [0.1, 0.15) is 30.4 Å². The zero-order chi connectivity index (χ0) is 14.9. The van der Waals surface area contributed by atoms with Crippen molar-refractivity contribution in [3.63, 3.8) is 0 Å². The number of amides is 1. The lowest BCUT2D eigenvalue weighted by molar-refractivity contribution is -0.129. The number of anilines is 1. The molecule has 0 unspecified atom stereocenters. The van der Waals surface area contributed by atoms with Crippen LogP contribution in [0, 0.1) is 23.7 Å². The van der Waals surface area contributed by atoms with Gasteiger partial charge in [-0.3, -0.25) is 4.79 Å². The highest BCUT2D eigenvalue weighted by atomic mass is 16.5. The summed E-state index contributed by atoms with van der Waals surface area (Å²) in [5, 5.41) is 9.58. The Kier molecular flexibility index (Phi) is 3.69. The Bertz CT molecular complexity index is 597. The molecule has 0 radical (unpaired) electrons. The lowest BCUT2D eigenvalue weighted by atomic mass is 9.79. The molecule has 2 heterocycles. The number of nitrogens with zero attached hydrogens (tertiary/aromatic N) is 2. The molecule has 1 aromatic rings. The number of rotatable bonds is 1. The number of hydrogen-bond acceptors (Lipinski definition) is 3. The van der Waals surface area contributed by atoms with Crippen molar-refractivity contribution in [3.05, 3.63) is 29.3 Å². The fourth-order valence-corrected chi connectivity index (χ4v) is 3.29. The van der Waals surface area contributed by atoms with Gasteiger partial charge in [-0.1, -0.05) is 17.7 Å². The molecule has 0 atom stereocenters. The number of ether oxygens (including phenoxy) is 1. The summed E-state index contributed by atoms with van der Waals surface area (Å²) < 4.78 is 5.33. The maximum atomic E-state index is 13.0. The molecule has 110 valence electrons. The van der Waals surface area contributed by atoms with Crippen LogP contribution in [0.25, 0.3) is 0 Å². The molecule has 0 aromatic heterocycles.